The van der Waals surface area contributed by atoms with Crippen LogP contribution in [0.5, 0.6) is 0 Å². The van der Waals surface area contributed by atoms with Gasteiger partial charge in [-0.15, -0.1) is 0 Å². The molecule has 0 aromatic heterocycles. The van der Waals surface area contributed by atoms with Crippen LogP contribution in [0.3, 0.4) is 0 Å². The summed E-state index contributed by atoms with van der Waals surface area (Å²) < 4.78 is 0. The lowest BCUT2D eigenvalue weighted by molar-refractivity contribution is -0.115. The number of allylic oxidation sites excluding steroid dienone is 2. The predicted octanol–water partition coefficient (Wildman–Crippen LogP) is 4.09. The Morgan fingerprint density at radius 2 is 1.62 bits per heavy atom. The molecule has 1 aliphatic rings. The molecule has 0 saturated heterocycles. The Balaban J connectivity index is 1.70. The van der Waals surface area contributed by atoms with Gasteiger partial charge in [0.1, 0.15) is 0 Å². The van der Waals surface area contributed by atoms with Gasteiger partial charge in [0.05, 0.1) is 0 Å². The molecule has 0 saturated carbocycles. The van der Waals surface area contributed by atoms with E-state index in [1.54, 1.807) is 6.08 Å². The molecule has 0 aliphatic heterocycles. The van der Waals surface area contributed by atoms with E-state index in [1.807, 2.05) is 42.5 Å². The van der Waals surface area contributed by atoms with Crippen LogP contribution < -0.4 is 10.6 Å². The summed E-state index contributed by atoms with van der Waals surface area (Å²) in [5.74, 6) is 0.263. The smallest absolute Gasteiger partial charge is 0.221 e. The summed E-state index contributed by atoms with van der Waals surface area (Å²) in [5.41, 5.74) is 3.77. The molecule has 2 aromatic carbocycles. The lowest BCUT2D eigenvalue weighted by Gasteiger charge is -2.23. The summed E-state index contributed by atoms with van der Waals surface area (Å²) in [4.78, 5) is 23.1. The molecule has 4 heteroatoms. The molecule has 0 unspecified atom stereocenters. The Bertz CT molecular complexity index is 764. The van der Waals surface area contributed by atoms with Gasteiger partial charge >= 0.3 is 0 Å². The van der Waals surface area contributed by atoms with Crippen molar-refractivity contribution < 1.29 is 9.59 Å². The lowest BCUT2D eigenvalue weighted by Crippen LogP contribution is -2.16. The first-order valence-electron chi connectivity index (χ1n) is 8.03. The van der Waals surface area contributed by atoms with Crippen LogP contribution in [0.15, 0.2) is 66.4 Å². The summed E-state index contributed by atoms with van der Waals surface area (Å²) in [6.45, 7) is 1.48. The molecule has 0 heterocycles. The molecular weight excluding hydrogens is 300 g/mol. The zero-order valence-electron chi connectivity index (χ0n) is 13.6. The first kappa shape index (κ1) is 16.0. The fraction of sp³-hybridized carbons (Fsp3) is 0.200. The van der Waals surface area contributed by atoms with E-state index < -0.39 is 0 Å². The van der Waals surface area contributed by atoms with E-state index in [0.717, 1.165) is 23.5 Å². The number of ketones is 1. The summed E-state index contributed by atoms with van der Waals surface area (Å²) >= 11 is 0. The zero-order chi connectivity index (χ0) is 16.9. The molecule has 2 aromatic rings. The van der Waals surface area contributed by atoms with E-state index in [4.69, 9.17) is 0 Å². The highest BCUT2D eigenvalue weighted by molar-refractivity contribution is 5.92. The topological polar surface area (TPSA) is 58.2 Å². The number of anilines is 2. The van der Waals surface area contributed by atoms with Gasteiger partial charge in [0.25, 0.3) is 0 Å². The van der Waals surface area contributed by atoms with E-state index in [-0.39, 0.29) is 17.6 Å². The third-order valence-corrected chi connectivity index (χ3v) is 4.03. The van der Waals surface area contributed by atoms with Gasteiger partial charge in [0.2, 0.25) is 5.91 Å². The molecule has 1 atom stereocenters. The molecule has 0 spiro atoms. The van der Waals surface area contributed by atoms with Crippen molar-refractivity contribution in [2.45, 2.75) is 25.7 Å². The van der Waals surface area contributed by atoms with Crippen LogP contribution in [-0.2, 0) is 9.59 Å². The Kier molecular flexibility index (Phi) is 4.75. The maximum absolute atomic E-state index is 12.1. The van der Waals surface area contributed by atoms with Crippen molar-refractivity contribution in [3.8, 4) is 0 Å². The molecule has 1 aliphatic carbocycles. The molecule has 0 bridgehead atoms. The van der Waals surface area contributed by atoms with E-state index in [9.17, 15) is 9.59 Å². The highest BCUT2D eigenvalue weighted by atomic mass is 16.1. The molecule has 122 valence electrons. The second-order valence-electron chi connectivity index (χ2n) is 6.04. The Morgan fingerprint density at radius 1 is 0.958 bits per heavy atom. The average molecular weight is 320 g/mol. The van der Waals surface area contributed by atoms with Crippen LogP contribution in [-0.4, -0.2) is 11.7 Å². The van der Waals surface area contributed by atoms with Gasteiger partial charge in [-0.2, -0.15) is 0 Å². The summed E-state index contributed by atoms with van der Waals surface area (Å²) in [5, 5.41) is 6.05. The summed E-state index contributed by atoms with van der Waals surface area (Å²) in [7, 11) is 0. The molecule has 4 nitrogen and oxygen atoms in total. The number of carbonyl (C=O) groups is 2. The van der Waals surface area contributed by atoms with Gasteiger partial charge in [0.15, 0.2) is 5.78 Å². The number of benzene rings is 2. The fourth-order valence-electron chi connectivity index (χ4n) is 2.97. The minimum Gasteiger partial charge on any atom is -0.359 e. The third kappa shape index (κ3) is 4.10. The van der Waals surface area contributed by atoms with Crippen molar-refractivity contribution in [2.24, 2.45) is 0 Å². The average Bonchev–Trinajstić information content (AvgIpc) is 2.56. The molecule has 24 heavy (non-hydrogen) atoms. The largest absolute Gasteiger partial charge is 0.359 e. The van der Waals surface area contributed by atoms with Crippen LogP contribution in [0.4, 0.5) is 11.4 Å². The normalized spacial score (nSPS) is 17.1. The number of hydrogen-bond acceptors (Lipinski definition) is 3. The van der Waals surface area contributed by atoms with Crippen molar-refractivity contribution in [2.75, 3.05) is 10.6 Å². The monoisotopic (exact) mass is 320 g/mol. The molecule has 3 rings (SSSR count). The van der Waals surface area contributed by atoms with E-state index in [0.29, 0.717) is 6.42 Å². The minimum absolute atomic E-state index is 0.0954. The van der Waals surface area contributed by atoms with E-state index >= 15 is 0 Å². The van der Waals surface area contributed by atoms with Gasteiger partial charge in [-0.1, -0.05) is 30.3 Å². The maximum Gasteiger partial charge on any atom is 0.221 e. The lowest BCUT2D eigenvalue weighted by atomic mass is 9.85. The highest BCUT2D eigenvalue weighted by Crippen LogP contribution is 2.31. The third-order valence-electron chi connectivity index (χ3n) is 4.03. The van der Waals surface area contributed by atoms with Gasteiger partial charge in [-0.25, -0.2) is 0 Å². The van der Waals surface area contributed by atoms with Crippen molar-refractivity contribution >= 4 is 23.1 Å². The number of carbonyl (C=O) groups excluding carboxylic acids is 2. The first-order chi connectivity index (χ1) is 11.6. The van der Waals surface area contributed by atoms with Crippen molar-refractivity contribution in [1.82, 2.24) is 0 Å². The Labute approximate surface area is 141 Å². The summed E-state index contributed by atoms with van der Waals surface area (Å²) in [6.07, 6.45) is 3.06. The van der Waals surface area contributed by atoms with Crippen molar-refractivity contribution in [3.63, 3.8) is 0 Å². The first-order valence-corrected chi connectivity index (χ1v) is 8.03. The number of hydrogen-bond donors (Lipinski definition) is 2. The van der Waals surface area contributed by atoms with Gasteiger partial charge in [-0.05, 0) is 42.2 Å². The maximum atomic E-state index is 12.1. The number of nitrogens with one attached hydrogen (secondary N) is 2. The predicted molar refractivity (Wildman–Crippen MR) is 95.9 cm³/mol. The molecule has 0 fully saturated rings. The van der Waals surface area contributed by atoms with Crippen LogP contribution >= 0.6 is 0 Å². The van der Waals surface area contributed by atoms with Crippen LogP contribution in [0, 0.1) is 0 Å². The number of rotatable bonds is 4. The number of amides is 1. The molecule has 2 N–H and O–H groups in total. The van der Waals surface area contributed by atoms with E-state index in [1.165, 1.54) is 12.5 Å². The zero-order valence-corrected chi connectivity index (χ0v) is 13.6. The second-order valence-corrected chi connectivity index (χ2v) is 6.04. The highest BCUT2D eigenvalue weighted by Gasteiger charge is 2.22. The van der Waals surface area contributed by atoms with Gasteiger partial charge in [0, 0.05) is 36.5 Å². The second kappa shape index (κ2) is 7.13. The molecule has 0 radical (unpaired) electrons. The van der Waals surface area contributed by atoms with E-state index in [2.05, 4.69) is 22.8 Å². The van der Waals surface area contributed by atoms with Crippen molar-refractivity contribution in [3.05, 3.63) is 71.9 Å². The Morgan fingerprint density at radius 3 is 2.29 bits per heavy atom. The molecule has 1 amide bonds. The summed E-state index contributed by atoms with van der Waals surface area (Å²) in [6, 6.07) is 17.6. The Hall–Kier alpha value is -2.88. The quantitative estimate of drug-likeness (QED) is 0.892. The SMILES string of the molecule is CC(=O)Nc1ccc(NC2=CC(=O)C[C@@H](c3ccccc3)C2)cc1. The van der Waals surface area contributed by atoms with Gasteiger partial charge in [-0.3, -0.25) is 9.59 Å². The fourth-order valence-corrected chi connectivity index (χ4v) is 2.97. The molecular formula is C20H20N2O2. The minimum atomic E-state index is -0.0954. The van der Waals surface area contributed by atoms with Crippen molar-refractivity contribution in [1.29, 1.82) is 0 Å². The van der Waals surface area contributed by atoms with Crippen LogP contribution in [0.2, 0.25) is 0 Å². The van der Waals surface area contributed by atoms with Crippen LogP contribution in [0.1, 0.15) is 31.2 Å². The van der Waals surface area contributed by atoms with Gasteiger partial charge < -0.3 is 10.6 Å². The standard InChI is InChI=1S/C20H20N2O2/c1-14(23)21-17-7-9-18(10-8-17)22-19-11-16(12-20(24)13-19)15-5-3-2-4-6-15/h2-10,13,16,22H,11-12H2,1H3,(H,21,23)/t16-/m0/s1. The van der Waals surface area contributed by atoms with Crippen LogP contribution in [0.25, 0.3) is 0 Å².